The number of hydrogen-bond acceptors (Lipinski definition) is 6. The van der Waals surface area contributed by atoms with Crippen LogP contribution in [0.25, 0.3) is 33.2 Å². The Morgan fingerprint density at radius 1 is 1.11 bits per heavy atom. The molecule has 38 heavy (non-hydrogen) atoms. The first-order valence-corrected chi connectivity index (χ1v) is 17.8. The Morgan fingerprint density at radius 2 is 1.87 bits per heavy atom. The minimum Gasteiger partial charge on any atom is -0.361 e. The lowest BCUT2D eigenvalue weighted by atomic mass is 9.91. The van der Waals surface area contributed by atoms with Crippen molar-refractivity contribution in [2.75, 3.05) is 18.1 Å². The summed E-state index contributed by atoms with van der Waals surface area (Å²) in [7, 11) is 0.733. The van der Waals surface area contributed by atoms with Crippen LogP contribution in [0.2, 0.25) is 30.7 Å². The number of ether oxygens (including phenoxy) is 1. The van der Waals surface area contributed by atoms with Crippen molar-refractivity contribution in [3.8, 4) is 11.1 Å². The van der Waals surface area contributed by atoms with E-state index in [-0.39, 0.29) is 0 Å². The third-order valence-electron chi connectivity index (χ3n) is 8.24. The molecule has 8 nitrogen and oxygen atoms in total. The van der Waals surface area contributed by atoms with E-state index < -0.39 is 8.07 Å². The second-order valence-electron chi connectivity index (χ2n) is 12.3. The molecule has 10 heteroatoms. The number of fused-ring (bicyclic) bond motifs is 4. The van der Waals surface area contributed by atoms with Crippen molar-refractivity contribution in [3.63, 3.8) is 0 Å². The lowest BCUT2D eigenvalue weighted by Gasteiger charge is -2.39. The average molecular weight is 552 g/mol. The Kier molecular flexibility index (Phi) is 6.74. The van der Waals surface area contributed by atoms with Gasteiger partial charge in [-0.1, -0.05) is 37.3 Å². The van der Waals surface area contributed by atoms with Gasteiger partial charge in [0.15, 0.2) is 5.65 Å². The number of piperidine rings is 1. The summed E-state index contributed by atoms with van der Waals surface area (Å²) in [6.45, 7) is 9.07. The van der Waals surface area contributed by atoms with Crippen LogP contribution in [-0.4, -0.2) is 57.6 Å². The van der Waals surface area contributed by atoms with E-state index >= 15 is 0 Å². The molecular weight excluding hydrogens is 514 g/mol. The monoisotopic (exact) mass is 551 g/mol. The predicted molar refractivity (Wildman–Crippen MR) is 157 cm³/mol. The van der Waals surface area contributed by atoms with Crippen molar-refractivity contribution < 1.29 is 4.74 Å². The number of rotatable bonds is 8. The molecule has 1 aromatic carbocycles. The number of nitrogens with zero attached hydrogens (tertiary/aromatic N) is 6. The molecule has 2 fully saturated rings. The fourth-order valence-electron chi connectivity index (χ4n) is 6.24. The average Bonchev–Trinajstić information content (AvgIpc) is 3.52. The molecule has 5 heterocycles. The maximum absolute atomic E-state index is 6.95. The van der Waals surface area contributed by atoms with Crippen LogP contribution < -0.4 is 10.6 Å². The van der Waals surface area contributed by atoms with Gasteiger partial charge in [-0.05, 0) is 50.3 Å². The Bertz CT molecular complexity index is 1460. The maximum atomic E-state index is 6.95. The zero-order valence-electron chi connectivity index (χ0n) is 22.8. The normalized spacial score (nSPS) is 21.7. The van der Waals surface area contributed by atoms with Gasteiger partial charge < -0.3 is 19.9 Å². The first-order valence-electron chi connectivity index (χ1n) is 13.8. The molecule has 2 saturated heterocycles. The number of halogens is 1. The molecule has 202 valence electrons. The third-order valence-corrected chi connectivity index (χ3v) is 10.3. The van der Waals surface area contributed by atoms with E-state index in [2.05, 4.69) is 40.4 Å². The lowest BCUT2D eigenvalue weighted by molar-refractivity contribution is 0.0899. The molecule has 0 unspecified atom stereocenters. The van der Waals surface area contributed by atoms with E-state index in [1.165, 1.54) is 12.8 Å². The third kappa shape index (κ3) is 4.74. The fourth-order valence-corrected chi connectivity index (χ4v) is 7.31. The van der Waals surface area contributed by atoms with Crippen LogP contribution in [0.15, 0.2) is 30.7 Å². The van der Waals surface area contributed by atoms with Gasteiger partial charge in [-0.2, -0.15) is 5.10 Å². The second kappa shape index (κ2) is 9.93. The number of nitrogens with two attached hydrogens (primary N) is 1. The van der Waals surface area contributed by atoms with Crippen molar-refractivity contribution in [1.29, 1.82) is 0 Å². The number of benzene rings is 1. The highest BCUT2D eigenvalue weighted by atomic mass is 35.5. The number of anilines is 1. The van der Waals surface area contributed by atoms with Crippen molar-refractivity contribution in [3.05, 3.63) is 35.7 Å². The molecule has 2 N–H and O–H groups in total. The van der Waals surface area contributed by atoms with E-state index in [4.69, 9.17) is 32.0 Å². The Hall–Kier alpha value is -2.46. The van der Waals surface area contributed by atoms with Gasteiger partial charge in [0.2, 0.25) is 0 Å². The van der Waals surface area contributed by atoms with Gasteiger partial charge >= 0.3 is 0 Å². The molecule has 4 aromatic rings. The number of aromatic nitrogens is 5. The summed E-state index contributed by atoms with van der Waals surface area (Å²) in [6.07, 6.45) is 10.7. The number of aryl methyl sites for hydroxylation is 1. The van der Waals surface area contributed by atoms with Crippen LogP contribution >= 0.6 is 11.6 Å². The van der Waals surface area contributed by atoms with Crippen molar-refractivity contribution >= 4 is 47.6 Å². The van der Waals surface area contributed by atoms with Crippen LogP contribution in [-0.2, 0) is 18.5 Å². The van der Waals surface area contributed by atoms with E-state index in [1.54, 1.807) is 4.68 Å². The topological polar surface area (TPSA) is 87.0 Å². The van der Waals surface area contributed by atoms with E-state index in [0.29, 0.717) is 29.8 Å². The van der Waals surface area contributed by atoms with E-state index in [9.17, 15) is 0 Å². The smallest absolute Gasteiger partial charge is 0.163 e. The summed E-state index contributed by atoms with van der Waals surface area (Å²) in [5.41, 5.74) is 10.5. The van der Waals surface area contributed by atoms with Gasteiger partial charge in [0.25, 0.3) is 0 Å². The maximum Gasteiger partial charge on any atom is 0.163 e. The van der Waals surface area contributed by atoms with Gasteiger partial charge in [-0.15, -0.1) is 0 Å². The van der Waals surface area contributed by atoms with Crippen LogP contribution in [0.5, 0.6) is 0 Å². The Labute approximate surface area is 230 Å². The second-order valence-corrected chi connectivity index (χ2v) is 18.3. The van der Waals surface area contributed by atoms with Gasteiger partial charge in [0, 0.05) is 62.7 Å². The molecule has 6 rings (SSSR count). The molecule has 3 atom stereocenters. The summed E-state index contributed by atoms with van der Waals surface area (Å²) in [4.78, 5) is 12.7. The quantitative estimate of drug-likeness (QED) is 0.225. The molecule has 0 spiro atoms. The van der Waals surface area contributed by atoms with Crippen molar-refractivity contribution in [2.24, 2.45) is 18.7 Å². The molecule has 0 saturated carbocycles. The molecule has 2 bridgehead atoms. The highest BCUT2D eigenvalue weighted by molar-refractivity contribution is 6.76. The van der Waals surface area contributed by atoms with Gasteiger partial charge in [-0.25, -0.2) is 9.97 Å². The zero-order chi connectivity index (χ0) is 26.6. The Balaban J connectivity index is 1.40. The molecule has 0 radical (unpaired) electrons. The van der Waals surface area contributed by atoms with Crippen molar-refractivity contribution in [1.82, 2.24) is 24.3 Å². The first-order chi connectivity index (χ1) is 18.2. The molecule has 2 aliphatic rings. The van der Waals surface area contributed by atoms with Crippen LogP contribution in [0.3, 0.4) is 0 Å². The highest BCUT2D eigenvalue weighted by Crippen LogP contribution is 2.42. The molecule has 0 amide bonds. The SMILES string of the molecule is Cn1cc2c(Cl)c(-c3cn(COCC[Si](C)(C)C)c4nc(N5[C@@H]6CC[C@H]5C[C@H](CN)C6)cnc34)ccc2n1. The molecule has 0 aliphatic carbocycles. The Morgan fingerprint density at radius 3 is 2.58 bits per heavy atom. The van der Waals surface area contributed by atoms with Gasteiger partial charge in [0.1, 0.15) is 18.1 Å². The predicted octanol–water partition coefficient (Wildman–Crippen LogP) is 5.66. The van der Waals surface area contributed by atoms with E-state index in [0.717, 1.165) is 71.0 Å². The summed E-state index contributed by atoms with van der Waals surface area (Å²) < 4.78 is 10.1. The first kappa shape index (κ1) is 25.8. The van der Waals surface area contributed by atoms with E-state index in [1.807, 2.05) is 31.6 Å². The number of hydrogen-bond donors (Lipinski definition) is 1. The zero-order valence-corrected chi connectivity index (χ0v) is 24.6. The van der Waals surface area contributed by atoms with Crippen LogP contribution in [0.4, 0.5) is 5.82 Å². The van der Waals surface area contributed by atoms with Gasteiger partial charge in [0.05, 0.1) is 16.7 Å². The summed E-state index contributed by atoms with van der Waals surface area (Å²) in [5.74, 6) is 1.57. The highest BCUT2D eigenvalue weighted by Gasteiger charge is 2.41. The minimum atomic E-state index is -1.18. The molecular formula is C28H38ClN7OSi. The van der Waals surface area contributed by atoms with Crippen LogP contribution in [0.1, 0.15) is 25.7 Å². The standard InChI is InChI=1S/C28H38ClN7OSi/c1-34-15-23-24(33-34)8-7-21(26(23)29)22-16-35(17-37-9-10-38(2,3)4)28-27(22)31-14-25(32-28)36-19-5-6-20(36)12-18(11-19)13-30/h7-8,14-16,18-20H,5-6,9-13,17,30H2,1-4H3/t18-,19-,20+. The van der Waals surface area contributed by atoms with Crippen LogP contribution in [0, 0.1) is 5.92 Å². The van der Waals surface area contributed by atoms with Gasteiger partial charge in [-0.3, -0.25) is 4.68 Å². The minimum absolute atomic E-state index is 0.438. The molecule has 3 aromatic heterocycles. The van der Waals surface area contributed by atoms with Crippen molar-refractivity contribution in [2.45, 2.75) is 70.2 Å². The summed E-state index contributed by atoms with van der Waals surface area (Å²) >= 11 is 6.95. The lowest BCUT2D eigenvalue weighted by Crippen LogP contribution is -2.45. The molecule has 2 aliphatic heterocycles. The largest absolute Gasteiger partial charge is 0.361 e. The summed E-state index contributed by atoms with van der Waals surface area (Å²) in [6, 6.07) is 6.17. The summed E-state index contributed by atoms with van der Waals surface area (Å²) in [5, 5.41) is 6.13. The fraction of sp³-hybridized carbons (Fsp3) is 0.536.